The molecule has 1 aromatic rings. The number of ketones is 1. The zero-order chi connectivity index (χ0) is 16.9. The summed E-state index contributed by atoms with van der Waals surface area (Å²) < 4.78 is 32.2. The molecule has 0 aromatic heterocycles. The number of hydrogen-bond donors (Lipinski definition) is 1. The topological polar surface area (TPSA) is 72.5 Å². The fraction of sp³-hybridized carbons (Fsp3) is 0.588. The van der Waals surface area contributed by atoms with Crippen LogP contribution in [0.4, 0.5) is 0 Å². The summed E-state index contributed by atoms with van der Waals surface area (Å²) in [4.78, 5) is 11.3. The van der Waals surface area contributed by atoms with Crippen molar-refractivity contribution in [1.29, 1.82) is 0 Å². The molecule has 0 aliphatic heterocycles. The Morgan fingerprint density at radius 1 is 1.22 bits per heavy atom. The van der Waals surface area contributed by atoms with Gasteiger partial charge in [-0.15, -0.1) is 0 Å². The van der Waals surface area contributed by atoms with E-state index in [2.05, 4.69) is 4.72 Å². The number of hydrogen-bond acceptors (Lipinski definition) is 4. The molecular formula is C17H25NO4S. The number of carbonyl (C=O) groups is 1. The second-order valence-electron chi connectivity index (χ2n) is 6.06. The van der Waals surface area contributed by atoms with E-state index in [-0.39, 0.29) is 23.5 Å². The molecule has 1 aliphatic rings. The molecule has 1 aromatic carbocycles. The molecule has 0 amide bonds. The van der Waals surface area contributed by atoms with Crippen LogP contribution >= 0.6 is 0 Å². The van der Waals surface area contributed by atoms with E-state index in [0.29, 0.717) is 17.9 Å². The van der Waals surface area contributed by atoms with Crippen molar-refractivity contribution >= 4 is 15.8 Å². The molecule has 5 nitrogen and oxygen atoms in total. The lowest BCUT2D eigenvalue weighted by molar-refractivity contribution is 0.101. The lowest BCUT2D eigenvalue weighted by Gasteiger charge is -2.31. The molecule has 23 heavy (non-hydrogen) atoms. The number of benzene rings is 1. The first-order valence-corrected chi connectivity index (χ1v) is 9.80. The Morgan fingerprint density at radius 3 is 2.48 bits per heavy atom. The summed E-state index contributed by atoms with van der Waals surface area (Å²) in [5.41, 5.74) is 0.656. The van der Waals surface area contributed by atoms with Crippen molar-refractivity contribution in [3.05, 3.63) is 29.8 Å². The Kier molecular flexibility index (Phi) is 6.18. The van der Waals surface area contributed by atoms with Crippen molar-refractivity contribution in [1.82, 2.24) is 4.72 Å². The van der Waals surface area contributed by atoms with E-state index >= 15 is 0 Å². The average Bonchev–Trinajstić information content (AvgIpc) is 2.54. The molecule has 6 heteroatoms. The van der Waals surface area contributed by atoms with Crippen molar-refractivity contribution in [2.24, 2.45) is 5.92 Å². The molecule has 0 spiro atoms. The van der Waals surface area contributed by atoms with E-state index in [1.54, 1.807) is 31.2 Å². The van der Waals surface area contributed by atoms with E-state index in [0.717, 1.165) is 25.7 Å². The summed E-state index contributed by atoms with van der Waals surface area (Å²) in [6.45, 7) is 3.66. The molecule has 1 saturated carbocycles. The zero-order valence-electron chi connectivity index (χ0n) is 13.7. The first-order valence-electron chi connectivity index (χ1n) is 8.15. The van der Waals surface area contributed by atoms with Crippen LogP contribution in [0, 0.1) is 5.92 Å². The molecule has 0 saturated heterocycles. The lowest BCUT2D eigenvalue weighted by Crippen LogP contribution is -2.44. The molecule has 128 valence electrons. The van der Waals surface area contributed by atoms with E-state index in [1.165, 1.54) is 6.92 Å². The summed E-state index contributed by atoms with van der Waals surface area (Å²) >= 11 is 0. The van der Waals surface area contributed by atoms with Crippen molar-refractivity contribution in [3.63, 3.8) is 0 Å². The minimum Gasteiger partial charge on any atom is -0.493 e. The standard InChI is InChI=1S/C17H25NO4S/c1-3-23(20,21)18-17-7-5-4-6-15(17)12-22-16-10-8-14(9-11-16)13(2)19/h8-11,15,17-18H,3-7,12H2,1-2H3/t15-,17+/m1/s1. The van der Waals surface area contributed by atoms with Crippen molar-refractivity contribution in [2.75, 3.05) is 12.4 Å². The maximum Gasteiger partial charge on any atom is 0.211 e. The van der Waals surface area contributed by atoms with Crippen LogP contribution < -0.4 is 9.46 Å². The van der Waals surface area contributed by atoms with Gasteiger partial charge in [0.05, 0.1) is 12.4 Å². The summed E-state index contributed by atoms with van der Waals surface area (Å²) in [7, 11) is -3.19. The van der Waals surface area contributed by atoms with Gasteiger partial charge in [0.1, 0.15) is 5.75 Å². The number of ether oxygens (including phenoxy) is 1. The highest BCUT2D eigenvalue weighted by Gasteiger charge is 2.28. The van der Waals surface area contributed by atoms with Crippen LogP contribution in [0.15, 0.2) is 24.3 Å². The highest BCUT2D eigenvalue weighted by molar-refractivity contribution is 7.89. The summed E-state index contributed by atoms with van der Waals surface area (Å²) in [5.74, 6) is 1.01. The van der Waals surface area contributed by atoms with Crippen molar-refractivity contribution in [3.8, 4) is 5.75 Å². The van der Waals surface area contributed by atoms with Crippen LogP contribution in [0.1, 0.15) is 49.9 Å². The third kappa shape index (κ3) is 5.32. The van der Waals surface area contributed by atoms with Crippen LogP contribution in [0.5, 0.6) is 5.75 Å². The van der Waals surface area contributed by atoms with Crippen LogP contribution in [-0.4, -0.2) is 32.6 Å². The number of carbonyl (C=O) groups excluding carboxylic acids is 1. The average molecular weight is 339 g/mol. The molecule has 0 unspecified atom stereocenters. The third-order valence-corrected chi connectivity index (χ3v) is 5.77. The monoisotopic (exact) mass is 339 g/mol. The summed E-state index contributed by atoms with van der Waals surface area (Å²) in [6, 6.07) is 7.01. The summed E-state index contributed by atoms with van der Waals surface area (Å²) in [6.07, 6.45) is 3.96. The first-order chi connectivity index (χ1) is 10.9. The maximum absolute atomic E-state index is 11.8. The van der Waals surface area contributed by atoms with Crippen LogP contribution in [-0.2, 0) is 10.0 Å². The fourth-order valence-electron chi connectivity index (χ4n) is 2.87. The van der Waals surface area contributed by atoms with Gasteiger partial charge >= 0.3 is 0 Å². The van der Waals surface area contributed by atoms with Gasteiger partial charge in [0.2, 0.25) is 10.0 Å². The molecule has 2 rings (SSSR count). The number of sulfonamides is 1. The molecular weight excluding hydrogens is 314 g/mol. The van der Waals surface area contributed by atoms with Crippen LogP contribution in [0.25, 0.3) is 0 Å². The van der Waals surface area contributed by atoms with Crippen LogP contribution in [0.2, 0.25) is 0 Å². The minimum absolute atomic E-state index is 0.0258. The third-order valence-electron chi connectivity index (χ3n) is 4.34. The lowest BCUT2D eigenvalue weighted by atomic mass is 9.86. The van der Waals surface area contributed by atoms with Gasteiger partial charge in [0, 0.05) is 17.5 Å². The highest BCUT2D eigenvalue weighted by atomic mass is 32.2. The SMILES string of the molecule is CCS(=O)(=O)N[C@H]1CCCC[C@@H]1COc1ccc(C(C)=O)cc1. The van der Waals surface area contributed by atoms with Gasteiger partial charge in [-0.1, -0.05) is 12.8 Å². The Bertz CT molecular complexity index is 624. The van der Waals surface area contributed by atoms with Gasteiger partial charge in [0.15, 0.2) is 5.78 Å². The van der Waals surface area contributed by atoms with Gasteiger partial charge in [-0.3, -0.25) is 4.79 Å². The number of nitrogens with one attached hydrogen (secondary N) is 1. The van der Waals surface area contributed by atoms with Gasteiger partial charge in [0.25, 0.3) is 0 Å². The molecule has 1 N–H and O–H groups in total. The highest BCUT2D eigenvalue weighted by Crippen LogP contribution is 2.26. The predicted octanol–water partition coefficient (Wildman–Crippen LogP) is 2.77. The Labute approximate surface area is 138 Å². The predicted molar refractivity (Wildman–Crippen MR) is 90.3 cm³/mol. The molecule has 2 atom stereocenters. The fourth-order valence-corrected chi connectivity index (χ4v) is 3.80. The van der Waals surface area contributed by atoms with E-state index < -0.39 is 10.0 Å². The van der Waals surface area contributed by atoms with Crippen molar-refractivity contribution in [2.45, 2.75) is 45.6 Å². The quantitative estimate of drug-likeness (QED) is 0.775. The first kappa shape index (κ1) is 17.9. The molecule has 0 bridgehead atoms. The Morgan fingerprint density at radius 2 is 1.87 bits per heavy atom. The van der Waals surface area contributed by atoms with Gasteiger partial charge in [-0.2, -0.15) is 0 Å². The summed E-state index contributed by atoms with van der Waals surface area (Å²) in [5, 5.41) is 0. The zero-order valence-corrected chi connectivity index (χ0v) is 14.6. The Hall–Kier alpha value is -1.40. The largest absolute Gasteiger partial charge is 0.493 e. The molecule has 1 fully saturated rings. The minimum atomic E-state index is -3.19. The maximum atomic E-state index is 11.8. The Balaban J connectivity index is 1.95. The second-order valence-corrected chi connectivity index (χ2v) is 8.11. The molecule has 0 heterocycles. The smallest absolute Gasteiger partial charge is 0.211 e. The van der Waals surface area contributed by atoms with Gasteiger partial charge in [-0.25, -0.2) is 13.1 Å². The normalized spacial score (nSPS) is 21.8. The molecule has 1 aliphatic carbocycles. The second kappa shape index (κ2) is 7.93. The van der Waals surface area contributed by atoms with Gasteiger partial charge < -0.3 is 4.74 Å². The van der Waals surface area contributed by atoms with E-state index in [4.69, 9.17) is 4.74 Å². The molecule has 0 radical (unpaired) electrons. The van der Waals surface area contributed by atoms with Crippen LogP contribution in [0.3, 0.4) is 0 Å². The van der Waals surface area contributed by atoms with E-state index in [9.17, 15) is 13.2 Å². The number of rotatable bonds is 7. The van der Waals surface area contributed by atoms with Crippen molar-refractivity contribution < 1.29 is 17.9 Å². The number of Topliss-reactive ketones (excluding diaryl/α,β-unsaturated/α-hetero) is 1. The van der Waals surface area contributed by atoms with Gasteiger partial charge in [-0.05, 0) is 51.0 Å². The van der Waals surface area contributed by atoms with E-state index in [1.807, 2.05) is 0 Å².